The molecule has 0 amide bonds. The third kappa shape index (κ3) is 16.0. The van der Waals surface area contributed by atoms with Gasteiger partial charge in [-0.05, 0) is 58.9 Å². The first-order chi connectivity index (χ1) is 13.1. The summed E-state index contributed by atoms with van der Waals surface area (Å²) in [6, 6.07) is 0. The highest BCUT2D eigenvalue weighted by molar-refractivity contribution is 6.90. The summed E-state index contributed by atoms with van der Waals surface area (Å²) >= 11 is 0. The lowest BCUT2D eigenvalue weighted by molar-refractivity contribution is -0.182. The SMILES string of the molecule is C[Si](C)(C)O[Si](COC(=O)/C=C/C(=O)OCC(F)(F)F)(O[Si](C)(C)C)O[Si](C)(C)C. The summed E-state index contributed by atoms with van der Waals surface area (Å²) in [5.74, 6) is -2.24. The molecule has 30 heavy (non-hydrogen) atoms. The molecule has 14 heteroatoms. The number of halogens is 3. The quantitative estimate of drug-likeness (QED) is 0.236. The molecule has 0 aromatic carbocycles. The third-order valence-corrected chi connectivity index (χ3v) is 14.1. The topological polar surface area (TPSA) is 80.3 Å². The van der Waals surface area contributed by atoms with Crippen molar-refractivity contribution in [2.75, 3.05) is 12.8 Å². The van der Waals surface area contributed by atoms with Crippen LogP contribution in [0.2, 0.25) is 58.9 Å². The lowest BCUT2D eigenvalue weighted by atomic mass is 10.5. The standard InChI is InChI=1S/C16H33F3O7Si4/c1-27(2,3)24-30(25-28(4,5)6,26-29(7,8)9)13-23-15(21)11-10-14(20)22-12-16(17,18)19/h10-11H,12-13H2,1-9H3/b11-10+. The van der Waals surface area contributed by atoms with Gasteiger partial charge in [0.05, 0.1) is 0 Å². The van der Waals surface area contributed by atoms with Crippen LogP contribution in [0, 0.1) is 0 Å². The molecule has 0 aliphatic heterocycles. The predicted molar refractivity (Wildman–Crippen MR) is 116 cm³/mol. The first-order valence-electron chi connectivity index (χ1n) is 9.30. The van der Waals surface area contributed by atoms with Gasteiger partial charge in [0, 0.05) is 12.2 Å². The number of ether oxygens (including phenoxy) is 2. The number of hydrogen-bond donors (Lipinski definition) is 0. The van der Waals surface area contributed by atoms with Gasteiger partial charge in [0.25, 0.3) is 0 Å². The Hall–Kier alpha value is -0.782. The summed E-state index contributed by atoms with van der Waals surface area (Å²) in [5, 5.41) is 0. The molecule has 176 valence electrons. The molecule has 0 saturated heterocycles. The highest BCUT2D eigenvalue weighted by Crippen LogP contribution is 2.26. The minimum absolute atomic E-state index is 0.257. The highest BCUT2D eigenvalue weighted by atomic mass is 28.5. The number of carbonyl (C=O) groups is 2. The van der Waals surface area contributed by atoms with E-state index in [-0.39, 0.29) is 6.23 Å². The molecule has 0 aliphatic rings. The average Bonchev–Trinajstić information content (AvgIpc) is 2.42. The summed E-state index contributed by atoms with van der Waals surface area (Å²) in [5.41, 5.74) is 0. The largest absolute Gasteiger partial charge is 0.509 e. The maximum Gasteiger partial charge on any atom is 0.509 e. The Labute approximate surface area is 180 Å². The van der Waals surface area contributed by atoms with Crippen LogP contribution in [0.1, 0.15) is 0 Å². The number of alkyl halides is 3. The molecule has 0 rings (SSSR count). The van der Waals surface area contributed by atoms with E-state index < -0.39 is 58.5 Å². The van der Waals surface area contributed by atoms with Crippen molar-refractivity contribution in [3.8, 4) is 0 Å². The van der Waals surface area contributed by atoms with Crippen LogP contribution in [0.3, 0.4) is 0 Å². The Morgan fingerprint density at radius 3 is 1.33 bits per heavy atom. The first kappa shape index (κ1) is 29.2. The summed E-state index contributed by atoms with van der Waals surface area (Å²) in [6.07, 6.45) is -3.62. The first-order valence-corrected chi connectivity index (χ1v) is 21.5. The summed E-state index contributed by atoms with van der Waals surface area (Å²) in [4.78, 5) is 23.3. The van der Waals surface area contributed by atoms with Gasteiger partial charge in [0.15, 0.2) is 37.8 Å². The summed E-state index contributed by atoms with van der Waals surface area (Å²) in [6.45, 7) is 16.0. The van der Waals surface area contributed by atoms with Gasteiger partial charge in [-0.1, -0.05) is 0 Å². The molecular weight excluding hydrogens is 474 g/mol. The van der Waals surface area contributed by atoms with Gasteiger partial charge in [-0.15, -0.1) is 0 Å². The normalized spacial score (nSPS) is 14.1. The molecule has 0 saturated carbocycles. The second-order valence-electron chi connectivity index (χ2n) is 9.49. The van der Waals surface area contributed by atoms with Crippen molar-refractivity contribution in [2.45, 2.75) is 65.1 Å². The van der Waals surface area contributed by atoms with Gasteiger partial charge in [0.2, 0.25) is 0 Å². The van der Waals surface area contributed by atoms with Gasteiger partial charge >= 0.3 is 26.9 Å². The Morgan fingerprint density at radius 1 is 0.700 bits per heavy atom. The molecule has 0 aliphatic carbocycles. The van der Waals surface area contributed by atoms with Crippen LogP contribution >= 0.6 is 0 Å². The Morgan fingerprint density at radius 2 is 1.03 bits per heavy atom. The van der Waals surface area contributed by atoms with E-state index in [1.807, 2.05) is 58.9 Å². The van der Waals surface area contributed by atoms with Crippen LogP contribution < -0.4 is 0 Å². The van der Waals surface area contributed by atoms with E-state index in [4.69, 9.17) is 17.1 Å². The Balaban J connectivity index is 5.37. The van der Waals surface area contributed by atoms with E-state index in [2.05, 4.69) is 4.74 Å². The highest BCUT2D eigenvalue weighted by Gasteiger charge is 2.51. The fraction of sp³-hybridized carbons (Fsp3) is 0.750. The molecule has 0 bridgehead atoms. The molecule has 0 fully saturated rings. The maximum absolute atomic E-state index is 12.1. The van der Waals surface area contributed by atoms with Crippen LogP contribution in [0.5, 0.6) is 0 Å². The van der Waals surface area contributed by atoms with Crippen molar-refractivity contribution < 1.29 is 44.6 Å². The zero-order valence-electron chi connectivity index (χ0n) is 19.1. The van der Waals surface area contributed by atoms with Crippen molar-refractivity contribution in [1.82, 2.24) is 0 Å². The summed E-state index contributed by atoms with van der Waals surface area (Å²) < 4.78 is 64.3. The van der Waals surface area contributed by atoms with Gasteiger partial charge < -0.3 is 21.8 Å². The Bertz CT molecular complexity index is 579. The van der Waals surface area contributed by atoms with E-state index in [1.54, 1.807) is 0 Å². The second-order valence-corrected chi connectivity index (χ2v) is 26.3. The summed E-state index contributed by atoms with van der Waals surface area (Å²) in [7, 11) is -9.91. The molecule has 0 N–H and O–H groups in total. The van der Waals surface area contributed by atoms with Crippen LogP contribution in [0.4, 0.5) is 13.2 Å². The van der Waals surface area contributed by atoms with Crippen LogP contribution in [0.15, 0.2) is 12.2 Å². The van der Waals surface area contributed by atoms with Gasteiger partial charge in [0.1, 0.15) is 0 Å². The minimum atomic E-state index is -4.65. The number of carbonyl (C=O) groups excluding carboxylic acids is 2. The Kier molecular flexibility index (Phi) is 10.4. The minimum Gasteiger partial charge on any atom is -0.458 e. The van der Waals surface area contributed by atoms with Gasteiger partial charge in [-0.3, -0.25) is 0 Å². The molecule has 7 nitrogen and oxygen atoms in total. The smallest absolute Gasteiger partial charge is 0.458 e. The van der Waals surface area contributed by atoms with Crippen LogP contribution in [-0.4, -0.2) is 64.7 Å². The van der Waals surface area contributed by atoms with Crippen molar-refractivity contribution in [3.05, 3.63) is 12.2 Å². The lowest BCUT2D eigenvalue weighted by Crippen LogP contribution is -2.63. The van der Waals surface area contributed by atoms with Crippen molar-refractivity contribution in [1.29, 1.82) is 0 Å². The molecule has 0 unspecified atom stereocenters. The van der Waals surface area contributed by atoms with Gasteiger partial charge in [-0.25, -0.2) is 9.59 Å². The maximum atomic E-state index is 12.1. The molecule has 0 aromatic heterocycles. The predicted octanol–water partition coefficient (Wildman–Crippen LogP) is 4.22. The van der Waals surface area contributed by atoms with Crippen molar-refractivity contribution in [2.24, 2.45) is 0 Å². The average molecular weight is 507 g/mol. The molecule has 0 heterocycles. The molecule has 0 spiro atoms. The fourth-order valence-electron chi connectivity index (χ4n) is 2.10. The molecule has 0 radical (unpaired) electrons. The zero-order valence-corrected chi connectivity index (χ0v) is 23.1. The molecule has 0 aromatic rings. The monoisotopic (exact) mass is 506 g/mol. The van der Waals surface area contributed by atoms with E-state index in [0.717, 1.165) is 0 Å². The van der Waals surface area contributed by atoms with E-state index in [0.29, 0.717) is 12.2 Å². The fourth-order valence-corrected chi connectivity index (χ4v) is 15.9. The molecular formula is C16H33F3O7Si4. The number of rotatable bonds is 11. The lowest BCUT2D eigenvalue weighted by Gasteiger charge is -2.42. The van der Waals surface area contributed by atoms with Crippen LogP contribution in [0.25, 0.3) is 0 Å². The zero-order chi connectivity index (χ0) is 24.0. The van der Waals surface area contributed by atoms with Crippen LogP contribution in [-0.2, 0) is 31.4 Å². The van der Waals surface area contributed by atoms with E-state index >= 15 is 0 Å². The van der Waals surface area contributed by atoms with Crippen molar-refractivity contribution in [3.63, 3.8) is 0 Å². The molecule has 0 atom stereocenters. The number of hydrogen-bond acceptors (Lipinski definition) is 7. The third-order valence-electron chi connectivity index (χ3n) is 2.51. The number of esters is 2. The van der Waals surface area contributed by atoms with E-state index in [1.165, 1.54) is 0 Å². The second kappa shape index (κ2) is 10.7. The van der Waals surface area contributed by atoms with Gasteiger partial charge in [-0.2, -0.15) is 13.2 Å². The van der Waals surface area contributed by atoms with Crippen molar-refractivity contribution >= 4 is 45.7 Å². The van der Waals surface area contributed by atoms with E-state index in [9.17, 15) is 22.8 Å².